The van der Waals surface area contributed by atoms with Crippen LogP contribution in [0.4, 0.5) is 16.2 Å². The second kappa shape index (κ2) is 8.68. The number of carbonyl (C=O) groups excluding carboxylic acids is 2. The smallest absolute Gasteiger partial charge is 0.324 e. The van der Waals surface area contributed by atoms with Gasteiger partial charge in [0.25, 0.3) is 5.91 Å². The zero-order valence-electron chi connectivity index (χ0n) is 18.1. The van der Waals surface area contributed by atoms with Gasteiger partial charge in [-0.25, -0.2) is 4.79 Å². The van der Waals surface area contributed by atoms with E-state index in [0.717, 1.165) is 17.5 Å². The van der Waals surface area contributed by atoms with Crippen LogP contribution >= 0.6 is 0 Å². The van der Waals surface area contributed by atoms with Gasteiger partial charge in [0.1, 0.15) is 0 Å². The van der Waals surface area contributed by atoms with Crippen molar-refractivity contribution in [3.05, 3.63) is 82.8 Å². The number of hydrogen-bond acceptors (Lipinski definition) is 3. The number of amides is 3. The zero-order valence-corrected chi connectivity index (χ0v) is 18.1. The Kier molecular flexibility index (Phi) is 5.80. The van der Waals surface area contributed by atoms with E-state index in [4.69, 9.17) is 4.42 Å². The summed E-state index contributed by atoms with van der Waals surface area (Å²) >= 11 is 0. The van der Waals surface area contributed by atoms with Crippen LogP contribution in [0, 0.1) is 20.8 Å². The molecule has 2 aromatic carbocycles. The van der Waals surface area contributed by atoms with Gasteiger partial charge in [-0.1, -0.05) is 29.8 Å². The highest BCUT2D eigenvalue weighted by Gasteiger charge is 2.29. The molecule has 0 aliphatic carbocycles. The SMILES string of the molecule is Cc1ccc(C)c(CN2CCCN(c3ccc(C)cc3NC(=O)c3ccco3)C2=O)c1. The molecule has 0 bridgehead atoms. The van der Waals surface area contributed by atoms with Crippen LogP contribution in [0.5, 0.6) is 0 Å². The molecule has 2 heterocycles. The molecule has 1 aromatic heterocycles. The molecule has 1 fully saturated rings. The van der Waals surface area contributed by atoms with Crippen LogP contribution in [-0.2, 0) is 6.54 Å². The van der Waals surface area contributed by atoms with Gasteiger partial charge in [-0.05, 0) is 68.1 Å². The first-order valence-corrected chi connectivity index (χ1v) is 10.5. The van der Waals surface area contributed by atoms with Crippen LogP contribution in [0.25, 0.3) is 0 Å². The largest absolute Gasteiger partial charge is 0.459 e. The molecule has 0 saturated carbocycles. The Bertz CT molecular complexity index is 1110. The fraction of sp³-hybridized carbons (Fsp3) is 0.280. The highest BCUT2D eigenvalue weighted by Crippen LogP contribution is 2.31. The third-order valence-electron chi connectivity index (χ3n) is 5.61. The van der Waals surface area contributed by atoms with Crippen LogP contribution < -0.4 is 10.2 Å². The van der Waals surface area contributed by atoms with Crippen molar-refractivity contribution >= 4 is 23.3 Å². The van der Waals surface area contributed by atoms with E-state index in [-0.39, 0.29) is 17.7 Å². The molecule has 3 aromatic rings. The van der Waals surface area contributed by atoms with Crippen molar-refractivity contribution in [2.45, 2.75) is 33.7 Å². The maximum absolute atomic E-state index is 13.4. The Morgan fingerprint density at radius 3 is 2.58 bits per heavy atom. The summed E-state index contributed by atoms with van der Waals surface area (Å²) in [6.45, 7) is 7.98. The molecule has 160 valence electrons. The van der Waals surface area contributed by atoms with E-state index in [1.807, 2.05) is 30.0 Å². The number of benzene rings is 2. The summed E-state index contributed by atoms with van der Waals surface area (Å²) < 4.78 is 5.21. The van der Waals surface area contributed by atoms with Crippen molar-refractivity contribution in [2.75, 3.05) is 23.3 Å². The van der Waals surface area contributed by atoms with Crippen molar-refractivity contribution in [2.24, 2.45) is 0 Å². The minimum atomic E-state index is -0.339. The lowest BCUT2D eigenvalue weighted by Gasteiger charge is -2.36. The van der Waals surface area contributed by atoms with Crippen LogP contribution in [0.15, 0.2) is 59.2 Å². The highest BCUT2D eigenvalue weighted by molar-refractivity contribution is 6.06. The molecule has 0 spiro atoms. The van der Waals surface area contributed by atoms with Gasteiger partial charge in [-0.2, -0.15) is 0 Å². The molecule has 0 atom stereocenters. The number of nitrogens with zero attached hydrogens (tertiary/aromatic N) is 2. The lowest BCUT2D eigenvalue weighted by atomic mass is 10.0. The van der Waals surface area contributed by atoms with Gasteiger partial charge in [0.05, 0.1) is 17.6 Å². The van der Waals surface area contributed by atoms with Gasteiger partial charge in [0.2, 0.25) is 0 Å². The van der Waals surface area contributed by atoms with Gasteiger partial charge in [0.15, 0.2) is 5.76 Å². The Morgan fingerprint density at radius 1 is 1.03 bits per heavy atom. The fourth-order valence-corrected chi connectivity index (χ4v) is 3.91. The number of rotatable bonds is 5. The second-order valence-electron chi connectivity index (χ2n) is 8.09. The summed E-state index contributed by atoms with van der Waals surface area (Å²) in [6, 6.07) is 15.3. The second-order valence-corrected chi connectivity index (χ2v) is 8.09. The maximum atomic E-state index is 13.4. The number of aryl methyl sites for hydroxylation is 3. The molecule has 1 saturated heterocycles. The number of carbonyl (C=O) groups is 2. The molecule has 0 unspecified atom stereocenters. The summed E-state index contributed by atoms with van der Waals surface area (Å²) in [6.07, 6.45) is 2.32. The van der Waals surface area contributed by atoms with Gasteiger partial charge in [-0.15, -0.1) is 0 Å². The molecular weight excluding hydrogens is 390 g/mol. The minimum Gasteiger partial charge on any atom is -0.459 e. The zero-order chi connectivity index (χ0) is 22.0. The molecular formula is C25H27N3O3. The van der Waals surface area contributed by atoms with E-state index in [9.17, 15) is 9.59 Å². The molecule has 6 nitrogen and oxygen atoms in total. The number of furan rings is 1. The number of anilines is 2. The summed E-state index contributed by atoms with van der Waals surface area (Å²) in [5.74, 6) is -0.109. The molecule has 1 N–H and O–H groups in total. The number of hydrogen-bond donors (Lipinski definition) is 1. The average Bonchev–Trinajstić information content (AvgIpc) is 3.28. The van der Waals surface area contributed by atoms with Gasteiger partial charge in [-0.3, -0.25) is 9.69 Å². The van der Waals surface area contributed by atoms with Crippen molar-refractivity contribution in [1.82, 2.24) is 4.90 Å². The van der Waals surface area contributed by atoms with Crippen molar-refractivity contribution < 1.29 is 14.0 Å². The van der Waals surface area contributed by atoms with E-state index in [1.54, 1.807) is 17.0 Å². The summed E-state index contributed by atoms with van der Waals surface area (Å²) in [5.41, 5.74) is 5.81. The quantitative estimate of drug-likeness (QED) is 0.613. The topological polar surface area (TPSA) is 65.8 Å². The van der Waals surface area contributed by atoms with E-state index in [2.05, 4.69) is 37.4 Å². The standard InChI is InChI=1S/C25H27N3O3/c1-17-7-9-19(3)20(14-17)16-27-11-5-12-28(25(27)30)22-10-8-18(2)15-21(22)26-24(29)23-6-4-13-31-23/h4,6-10,13-15H,5,11-12,16H2,1-3H3,(H,26,29). The summed E-state index contributed by atoms with van der Waals surface area (Å²) in [7, 11) is 0. The van der Waals surface area contributed by atoms with E-state index < -0.39 is 0 Å². The molecule has 4 rings (SSSR count). The van der Waals surface area contributed by atoms with Crippen LogP contribution in [0.3, 0.4) is 0 Å². The van der Waals surface area contributed by atoms with Crippen LogP contribution in [-0.4, -0.2) is 29.9 Å². The van der Waals surface area contributed by atoms with Crippen LogP contribution in [0.2, 0.25) is 0 Å². The van der Waals surface area contributed by atoms with Gasteiger partial charge >= 0.3 is 6.03 Å². The normalized spacial score (nSPS) is 14.1. The van der Waals surface area contributed by atoms with Gasteiger partial charge in [0, 0.05) is 19.6 Å². The Hall–Kier alpha value is -3.54. The maximum Gasteiger partial charge on any atom is 0.324 e. The van der Waals surface area contributed by atoms with Crippen molar-refractivity contribution in [3.63, 3.8) is 0 Å². The van der Waals surface area contributed by atoms with Crippen molar-refractivity contribution in [1.29, 1.82) is 0 Å². The number of urea groups is 1. The molecule has 31 heavy (non-hydrogen) atoms. The fourth-order valence-electron chi connectivity index (χ4n) is 3.91. The van der Waals surface area contributed by atoms with Gasteiger partial charge < -0.3 is 14.6 Å². The lowest BCUT2D eigenvalue weighted by Crippen LogP contribution is -2.49. The molecule has 1 aliphatic rings. The molecule has 0 radical (unpaired) electrons. The first kappa shape index (κ1) is 20.7. The molecule has 1 aliphatic heterocycles. The first-order valence-electron chi connectivity index (χ1n) is 10.5. The molecule has 3 amide bonds. The monoisotopic (exact) mass is 417 g/mol. The summed E-state index contributed by atoms with van der Waals surface area (Å²) in [5, 5.41) is 2.91. The predicted molar refractivity (Wildman–Crippen MR) is 122 cm³/mol. The lowest BCUT2D eigenvalue weighted by molar-refractivity contribution is 0.0996. The minimum absolute atomic E-state index is 0.0514. The molecule has 6 heteroatoms. The third-order valence-corrected chi connectivity index (χ3v) is 5.61. The Labute approximate surface area is 182 Å². The van der Waals surface area contributed by atoms with E-state index in [1.165, 1.54) is 17.4 Å². The van der Waals surface area contributed by atoms with Crippen molar-refractivity contribution in [3.8, 4) is 0 Å². The highest BCUT2D eigenvalue weighted by atomic mass is 16.3. The predicted octanol–water partition coefficient (Wildman–Crippen LogP) is 5.29. The first-order chi connectivity index (χ1) is 14.9. The van der Waals surface area contributed by atoms with Crippen LogP contribution in [0.1, 0.15) is 39.2 Å². The third kappa shape index (κ3) is 4.48. The average molecular weight is 418 g/mol. The summed E-state index contributed by atoms with van der Waals surface area (Å²) in [4.78, 5) is 29.6. The Morgan fingerprint density at radius 2 is 1.81 bits per heavy atom. The number of nitrogens with one attached hydrogen (secondary N) is 1. The Balaban J connectivity index is 1.59. The van der Waals surface area contributed by atoms with E-state index >= 15 is 0 Å². The van der Waals surface area contributed by atoms with E-state index in [0.29, 0.717) is 31.0 Å².